The van der Waals surface area contributed by atoms with Crippen LogP contribution < -0.4 is 0 Å². The van der Waals surface area contributed by atoms with Crippen LogP contribution in [0.2, 0.25) is 0 Å². The number of carbonyl (C=O) groups excluding carboxylic acids is 1. The van der Waals surface area contributed by atoms with Crippen LogP contribution in [-0.2, 0) is 9.53 Å². The molecule has 96 valence electrons. The molecule has 0 unspecified atom stereocenters. The van der Waals surface area contributed by atoms with Crippen molar-refractivity contribution >= 4 is 5.97 Å². The highest BCUT2D eigenvalue weighted by Gasteiger charge is 2.58. The van der Waals surface area contributed by atoms with Crippen LogP contribution in [-0.4, -0.2) is 11.6 Å². The molecule has 2 rings (SSSR count). The van der Waals surface area contributed by atoms with Crippen LogP contribution in [0.3, 0.4) is 0 Å². The molecule has 0 amide bonds. The first-order valence-electron chi connectivity index (χ1n) is 6.76. The first kappa shape index (κ1) is 12.7. The average Bonchev–Trinajstić information content (AvgIpc) is 2.71. The van der Waals surface area contributed by atoms with Crippen molar-refractivity contribution in [1.29, 1.82) is 0 Å². The highest BCUT2D eigenvalue weighted by molar-refractivity contribution is 5.76. The SMILES string of the molecule is C=C(C)[C@H]1CC[C@@H](C)[C@@]12C[C@H](C(C)C)C(=O)O2. The van der Waals surface area contributed by atoms with Crippen LogP contribution in [0, 0.1) is 23.7 Å². The molecule has 2 heteroatoms. The zero-order valence-corrected chi connectivity index (χ0v) is 11.5. The third-order valence-corrected chi connectivity index (χ3v) is 4.84. The van der Waals surface area contributed by atoms with Gasteiger partial charge < -0.3 is 4.74 Å². The number of rotatable bonds is 2. The van der Waals surface area contributed by atoms with Crippen molar-refractivity contribution in [1.82, 2.24) is 0 Å². The van der Waals surface area contributed by atoms with Crippen LogP contribution in [0.25, 0.3) is 0 Å². The van der Waals surface area contributed by atoms with E-state index in [9.17, 15) is 4.79 Å². The fourth-order valence-electron chi connectivity index (χ4n) is 3.67. The predicted molar refractivity (Wildman–Crippen MR) is 68.5 cm³/mol. The normalized spacial score (nSPS) is 41.2. The molecule has 1 aliphatic carbocycles. The molecular formula is C15H24O2. The fourth-order valence-corrected chi connectivity index (χ4v) is 3.67. The predicted octanol–water partition coefficient (Wildman–Crippen LogP) is 3.57. The Morgan fingerprint density at radius 2 is 2.12 bits per heavy atom. The largest absolute Gasteiger partial charge is 0.458 e. The number of hydrogen-bond donors (Lipinski definition) is 0. The minimum absolute atomic E-state index is 0.0139. The van der Waals surface area contributed by atoms with E-state index in [4.69, 9.17) is 4.74 Å². The molecule has 0 bridgehead atoms. The molecule has 0 aromatic rings. The summed E-state index contributed by atoms with van der Waals surface area (Å²) in [5.41, 5.74) is 0.934. The van der Waals surface area contributed by atoms with E-state index in [2.05, 4.69) is 34.3 Å². The van der Waals surface area contributed by atoms with Gasteiger partial charge in [-0.3, -0.25) is 4.79 Å². The summed E-state index contributed by atoms with van der Waals surface area (Å²) in [4.78, 5) is 12.0. The Kier molecular flexibility index (Phi) is 3.09. The lowest BCUT2D eigenvalue weighted by Crippen LogP contribution is -2.39. The van der Waals surface area contributed by atoms with E-state index in [0.717, 1.165) is 19.3 Å². The molecule has 0 aromatic heterocycles. The smallest absolute Gasteiger partial charge is 0.309 e. The van der Waals surface area contributed by atoms with Crippen molar-refractivity contribution in [3.05, 3.63) is 12.2 Å². The molecule has 4 atom stereocenters. The Labute approximate surface area is 104 Å². The fraction of sp³-hybridized carbons (Fsp3) is 0.800. The van der Waals surface area contributed by atoms with Gasteiger partial charge in [-0.2, -0.15) is 0 Å². The summed E-state index contributed by atoms with van der Waals surface area (Å²) in [5, 5.41) is 0. The number of esters is 1. The quantitative estimate of drug-likeness (QED) is 0.541. The minimum Gasteiger partial charge on any atom is -0.458 e. The van der Waals surface area contributed by atoms with Crippen molar-refractivity contribution in [3.8, 4) is 0 Å². The van der Waals surface area contributed by atoms with Gasteiger partial charge in [-0.25, -0.2) is 0 Å². The topological polar surface area (TPSA) is 26.3 Å². The van der Waals surface area contributed by atoms with Crippen molar-refractivity contribution in [2.75, 3.05) is 0 Å². The van der Waals surface area contributed by atoms with Gasteiger partial charge in [0.25, 0.3) is 0 Å². The Bertz CT molecular complexity index is 345. The second-order valence-electron chi connectivity index (χ2n) is 6.31. The molecule has 0 radical (unpaired) electrons. The van der Waals surface area contributed by atoms with Gasteiger partial charge in [-0.15, -0.1) is 0 Å². The van der Waals surface area contributed by atoms with Gasteiger partial charge in [-0.1, -0.05) is 32.9 Å². The maximum Gasteiger partial charge on any atom is 0.309 e. The van der Waals surface area contributed by atoms with Crippen LogP contribution in [0.15, 0.2) is 12.2 Å². The van der Waals surface area contributed by atoms with Crippen LogP contribution in [0.5, 0.6) is 0 Å². The molecule has 0 N–H and O–H groups in total. The van der Waals surface area contributed by atoms with Gasteiger partial charge in [0.2, 0.25) is 0 Å². The van der Waals surface area contributed by atoms with E-state index in [1.165, 1.54) is 5.57 Å². The zero-order chi connectivity index (χ0) is 12.8. The molecule has 1 saturated heterocycles. The molecule has 1 spiro atoms. The monoisotopic (exact) mass is 236 g/mol. The van der Waals surface area contributed by atoms with Gasteiger partial charge in [0.05, 0.1) is 5.92 Å². The lowest BCUT2D eigenvalue weighted by molar-refractivity contribution is -0.155. The summed E-state index contributed by atoms with van der Waals surface area (Å²) >= 11 is 0. The first-order valence-corrected chi connectivity index (χ1v) is 6.76. The highest BCUT2D eigenvalue weighted by Crippen LogP contribution is 2.54. The van der Waals surface area contributed by atoms with Crippen molar-refractivity contribution in [2.24, 2.45) is 23.7 Å². The van der Waals surface area contributed by atoms with Gasteiger partial charge in [0.1, 0.15) is 5.60 Å². The molecule has 2 aliphatic rings. The summed E-state index contributed by atoms with van der Waals surface area (Å²) < 4.78 is 5.87. The molecule has 17 heavy (non-hydrogen) atoms. The van der Waals surface area contributed by atoms with Gasteiger partial charge in [0.15, 0.2) is 0 Å². The highest BCUT2D eigenvalue weighted by atomic mass is 16.6. The third kappa shape index (κ3) is 1.82. The van der Waals surface area contributed by atoms with E-state index < -0.39 is 0 Å². The molecule has 1 aliphatic heterocycles. The molecule has 0 aromatic carbocycles. The van der Waals surface area contributed by atoms with Gasteiger partial charge in [0, 0.05) is 12.3 Å². The first-order chi connectivity index (χ1) is 7.88. The Hall–Kier alpha value is -0.790. The molecule has 2 nitrogen and oxygen atoms in total. The zero-order valence-electron chi connectivity index (χ0n) is 11.5. The van der Waals surface area contributed by atoms with E-state index in [0.29, 0.717) is 17.8 Å². The third-order valence-electron chi connectivity index (χ3n) is 4.84. The molecule has 1 saturated carbocycles. The Balaban J connectivity index is 2.30. The number of carbonyl (C=O) groups is 1. The second kappa shape index (κ2) is 4.15. The number of ether oxygens (including phenoxy) is 1. The number of hydrogen-bond acceptors (Lipinski definition) is 2. The molecular weight excluding hydrogens is 212 g/mol. The summed E-state index contributed by atoms with van der Waals surface area (Å²) in [5.74, 6) is 1.31. The average molecular weight is 236 g/mol. The van der Waals surface area contributed by atoms with Crippen LogP contribution >= 0.6 is 0 Å². The van der Waals surface area contributed by atoms with Crippen molar-refractivity contribution in [2.45, 2.75) is 52.6 Å². The van der Waals surface area contributed by atoms with Gasteiger partial charge in [-0.05, 0) is 31.6 Å². The summed E-state index contributed by atoms with van der Waals surface area (Å²) in [6.07, 6.45) is 3.16. The lowest BCUT2D eigenvalue weighted by Gasteiger charge is -2.34. The Morgan fingerprint density at radius 1 is 1.47 bits per heavy atom. The van der Waals surface area contributed by atoms with E-state index in [1.807, 2.05) is 0 Å². The summed E-state index contributed by atoms with van der Waals surface area (Å²) in [6.45, 7) is 12.6. The Morgan fingerprint density at radius 3 is 2.59 bits per heavy atom. The van der Waals surface area contributed by atoms with Crippen LogP contribution in [0.1, 0.15) is 47.0 Å². The molecule has 1 heterocycles. The summed E-state index contributed by atoms with van der Waals surface area (Å²) in [6, 6.07) is 0. The van der Waals surface area contributed by atoms with Crippen molar-refractivity contribution in [3.63, 3.8) is 0 Å². The van der Waals surface area contributed by atoms with E-state index >= 15 is 0 Å². The minimum atomic E-state index is -0.238. The van der Waals surface area contributed by atoms with E-state index in [1.54, 1.807) is 0 Å². The maximum absolute atomic E-state index is 12.0. The maximum atomic E-state index is 12.0. The van der Waals surface area contributed by atoms with Crippen molar-refractivity contribution < 1.29 is 9.53 Å². The van der Waals surface area contributed by atoms with Crippen LogP contribution in [0.4, 0.5) is 0 Å². The van der Waals surface area contributed by atoms with Gasteiger partial charge >= 0.3 is 5.97 Å². The lowest BCUT2D eigenvalue weighted by atomic mass is 9.75. The van der Waals surface area contributed by atoms with E-state index in [-0.39, 0.29) is 17.5 Å². The standard InChI is InChI=1S/C15H24O2/c1-9(2)12-8-15(17-14(12)16)11(5)6-7-13(15)10(3)4/h9,11-13H,3,6-8H2,1-2,4-5H3/t11-,12-,13-,15+/m1/s1. The second-order valence-corrected chi connectivity index (χ2v) is 6.31. The summed E-state index contributed by atoms with van der Waals surface area (Å²) in [7, 11) is 0. The molecule has 2 fully saturated rings.